The molecule has 37 heavy (non-hydrogen) atoms. The number of carbonyl (C=O) groups is 1. The van der Waals surface area contributed by atoms with Crippen molar-refractivity contribution in [2.75, 3.05) is 19.0 Å². The summed E-state index contributed by atoms with van der Waals surface area (Å²) in [5.74, 6) is -2.19. The third-order valence-electron chi connectivity index (χ3n) is 6.08. The van der Waals surface area contributed by atoms with Crippen molar-refractivity contribution in [3.05, 3.63) is 71.7 Å². The summed E-state index contributed by atoms with van der Waals surface area (Å²) in [6, 6.07) is 8.07. The van der Waals surface area contributed by atoms with Gasteiger partial charge in [-0.2, -0.15) is 9.45 Å². The highest BCUT2D eigenvalue weighted by atomic mass is 19.2. The molecule has 1 atom stereocenters. The first-order valence-corrected chi connectivity index (χ1v) is 11.8. The molecule has 2 aromatic carbocycles. The predicted octanol–water partition coefficient (Wildman–Crippen LogP) is 4.78. The van der Waals surface area contributed by atoms with Gasteiger partial charge in [0.2, 0.25) is 5.82 Å². The van der Waals surface area contributed by atoms with Crippen molar-refractivity contribution >= 4 is 23.1 Å². The lowest BCUT2D eigenvalue weighted by atomic mass is 10.0. The maximum Gasteiger partial charge on any atom is 0.252 e. The van der Waals surface area contributed by atoms with Crippen molar-refractivity contribution < 1.29 is 23.5 Å². The first-order chi connectivity index (χ1) is 17.8. The van der Waals surface area contributed by atoms with Gasteiger partial charge in [0.15, 0.2) is 23.0 Å². The highest BCUT2D eigenvalue weighted by molar-refractivity contribution is 5.96. The average molecular weight is 511 g/mol. The average Bonchev–Trinajstić information content (AvgIpc) is 3.34. The van der Waals surface area contributed by atoms with Crippen LogP contribution in [-0.4, -0.2) is 50.4 Å². The molecule has 9 nitrogen and oxygen atoms in total. The van der Waals surface area contributed by atoms with Gasteiger partial charge in [0.25, 0.3) is 5.91 Å². The number of hydrogen-bond donors (Lipinski definition) is 3. The molecule has 0 radical (unpaired) electrons. The van der Waals surface area contributed by atoms with Gasteiger partial charge in [-0.05, 0) is 49.2 Å². The molecule has 0 saturated heterocycles. The number of anilines is 2. The number of amides is 1. The number of aryl methyl sites for hydroxylation is 1. The van der Waals surface area contributed by atoms with Crippen LogP contribution in [0.4, 0.5) is 20.3 Å². The molecule has 194 valence electrons. The molecule has 0 bridgehead atoms. The van der Waals surface area contributed by atoms with E-state index in [0.29, 0.717) is 41.4 Å². The molecule has 0 aliphatic carbocycles. The zero-order valence-electron chi connectivity index (χ0n) is 20.9. The molecule has 2 heterocycles. The SMILES string of the molecule is CCc1cc(Nc2nccn3c(-c4ccc(OC)c(F)c4F)cnc23)ccc1C(=O)NC(C)N(O)CC. The van der Waals surface area contributed by atoms with Crippen LogP contribution in [0.15, 0.2) is 48.9 Å². The van der Waals surface area contributed by atoms with Crippen LogP contribution in [0.2, 0.25) is 0 Å². The van der Waals surface area contributed by atoms with Crippen molar-refractivity contribution in [1.29, 1.82) is 0 Å². The van der Waals surface area contributed by atoms with E-state index >= 15 is 0 Å². The topological polar surface area (TPSA) is 104 Å². The fourth-order valence-corrected chi connectivity index (χ4v) is 4.03. The minimum absolute atomic E-state index is 0.0327. The Morgan fingerprint density at radius 2 is 1.97 bits per heavy atom. The van der Waals surface area contributed by atoms with Crippen LogP contribution in [-0.2, 0) is 6.42 Å². The minimum atomic E-state index is -1.07. The Bertz CT molecular complexity index is 1440. The molecule has 3 N–H and O–H groups in total. The standard InChI is InChI=1S/C26H28F2N6O3/c1-5-16-13-17(7-8-18(16)26(35)31-15(3)34(36)6-2)32-24-25-30-14-20(33(25)12-11-29-24)19-9-10-21(37-4)23(28)22(19)27/h7-15,36H,5-6H2,1-4H3,(H,29,32)(H,31,35). The lowest BCUT2D eigenvalue weighted by Gasteiger charge is -2.22. The summed E-state index contributed by atoms with van der Waals surface area (Å²) in [6.45, 7) is 5.79. The number of methoxy groups -OCH3 is 1. The lowest BCUT2D eigenvalue weighted by molar-refractivity contribution is -0.123. The number of halogens is 2. The van der Waals surface area contributed by atoms with Crippen LogP contribution >= 0.6 is 0 Å². The van der Waals surface area contributed by atoms with E-state index in [-0.39, 0.29) is 17.2 Å². The number of benzene rings is 2. The number of ether oxygens (including phenoxy) is 1. The third kappa shape index (κ3) is 5.09. The Morgan fingerprint density at radius 1 is 1.19 bits per heavy atom. The fourth-order valence-electron chi connectivity index (χ4n) is 4.03. The van der Waals surface area contributed by atoms with Crippen LogP contribution in [0, 0.1) is 11.6 Å². The van der Waals surface area contributed by atoms with Gasteiger partial charge in [-0.1, -0.05) is 13.8 Å². The van der Waals surface area contributed by atoms with E-state index in [2.05, 4.69) is 20.6 Å². The van der Waals surface area contributed by atoms with Gasteiger partial charge in [-0.25, -0.2) is 14.4 Å². The van der Waals surface area contributed by atoms with Crippen molar-refractivity contribution in [3.63, 3.8) is 0 Å². The molecular weight excluding hydrogens is 482 g/mol. The van der Waals surface area contributed by atoms with Gasteiger partial charge in [0.1, 0.15) is 6.17 Å². The number of aromatic nitrogens is 3. The molecule has 0 aliphatic heterocycles. The summed E-state index contributed by atoms with van der Waals surface area (Å²) < 4.78 is 35.5. The smallest absolute Gasteiger partial charge is 0.252 e. The monoisotopic (exact) mass is 510 g/mol. The number of nitrogens with one attached hydrogen (secondary N) is 2. The number of fused-ring (bicyclic) bond motifs is 1. The van der Waals surface area contributed by atoms with Crippen LogP contribution in [0.1, 0.15) is 36.7 Å². The Kier molecular flexibility index (Phi) is 7.65. The lowest BCUT2D eigenvalue weighted by Crippen LogP contribution is -2.44. The highest BCUT2D eigenvalue weighted by Gasteiger charge is 2.20. The van der Waals surface area contributed by atoms with E-state index in [1.807, 2.05) is 13.0 Å². The molecule has 0 spiro atoms. The molecule has 1 amide bonds. The Balaban J connectivity index is 1.63. The zero-order valence-corrected chi connectivity index (χ0v) is 20.9. The van der Waals surface area contributed by atoms with E-state index in [9.17, 15) is 18.8 Å². The van der Waals surface area contributed by atoms with Crippen molar-refractivity contribution in [2.24, 2.45) is 0 Å². The quantitative estimate of drug-likeness (QED) is 0.220. The van der Waals surface area contributed by atoms with E-state index in [1.165, 1.54) is 31.6 Å². The summed E-state index contributed by atoms with van der Waals surface area (Å²) in [7, 11) is 1.27. The van der Waals surface area contributed by atoms with Crippen molar-refractivity contribution in [1.82, 2.24) is 24.7 Å². The van der Waals surface area contributed by atoms with Gasteiger partial charge in [0.05, 0.1) is 19.0 Å². The van der Waals surface area contributed by atoms with Crippen LogP contribution in [0.5, 0.6) is 5.75 Å². The highest BCUT2D eigenvalue weighted by Crippen LogP contribution is 2.31. The Hall–Kier alpha value is -4.09. The second-order valence-electron chi connectivity index (χ2n) is 8.31. The number of rotatable bonds is 9. The molecule has 11 heteroatoms. The summed E-state index contributed by atoms with van der Waals surface area (Å²) in [4.78, 5) is 21.5. The largest absolute Gasteiger partial charge is 0.494 e. The van der Waals surface area contributed by atoms with Crippen LogP contribution < -0.4 is 15.4 Å². The van der Waals surface area contributed by atoms with E-state index < -0.39 is 17.8 Å². The third-order valence-corrected chi connectivity index (χ3v) is 6.08. The predicted molar refractivity (Wildman–Crippen MR) is 135 cm³/mol. The normalized spacial score (nSPS) is 12.1. The Morgan fingerprint density at radius 3 is 2.68 bits per heavy atom. The van der Waals surface area contributed by atoms with Gasteiger partial charge < -0.3 is 20.6 Å². The maximum atomic E-state index is 14.7. The second kappa shape index (κ2) is 10.9. The van der Waals surface area contributed by atoms with E-state index in [1.54, 1.807) is 36.6 Å². The molecule has 1 unspecified atom stereocenters. The zero-order chi connectivity index (χ0) is 26.7. The van der Waals surface area contributed by atoms with Crippen molar-refractivity contribution in [2.45, 2.75) is 33.4 Å². The van der Waals surface area contributed by atoms with E-state index in [0.717, 1.165) is 10.6 Å². The molecule has 4 aromatic rings. The minimum Gasteiger partial charge on any atom is -0.494 e. The van der Waals surface area contributed by atoms with Crippen LogP contribution in [0.3, 0.4) is 0 Å². The summed E-state index contributed by atoms with van der Waals surface area (Å²) in [5, 5.41) is 16.8. The van der Waals surface area contributed by atoms with Gasteiger partial charge in [-0.3, -0.25) is 9.20 Å². The first-order valence-electron chi connectivity index (χ1n) is 11.8. The van der Waals surface area contributed by atoms with E-state index in [4.69, 9.17) is 4.74 Å². The summed E-state index contributed by atoms with van der Waals surface area (Å²) >= 11 is 0. The maximum absolute atomic E-state index is 14.7. The second-order valence-corrected chi connectivity index (χ2v) is 8.31. The molecule has 0 saturated carbocycles. The van der Waals surface area contributed by atoms with Gasteiger partial charge in [-0.15, -0.1) is 0 Å². The molecule has 2 aromatic heterocycles. The summed E-state index contributed by atoms with van der Waals surface area (Å²) in [6.07, 6.45) is 4.63. The molecule has 4 rings (SSSR count). The van der Waals surface area contributed by atoms with Crippen LogP contribution in [0.25, 0.3) is 16.9 Å². The molecular formula is C26H28F2N6O3. The number of carbonyl (C=O) groups excluding carboxylic acids is 1. The fraction of sp³-hybridized carbons (Fsp3) is 0.269. The first kappa shape index (κ1) is 26.0. The van der Waals surface area contributed by atoms with Gasteiger partial charge >= 0.3 is 0 Å². The molecule has 0 fully saturated rings. The van der Waals surface area contributed by atoms with Gasteiger partial charge in [0, 0.05) is 35.8 Å². The number of imidazole rings is 1. The van der Waals surface area contributed by atoms with Crippen molar-refractivity contribution in [3.8, 4) is 17.0 Å². The number of hydrogen-bond acceptors (Lipinski definition) is 7. The number of nitrogens with zero attached hydrogens (tertiary/aromatic N) is 4. The molecule has 0 aliphatic rings. The summed E-state index contributed by atoms with van der Waals surface area (Å²) in [5.41, 5.74) is 2.75. The number of hydroxylamine groups is 2. The Labute approximate surface area is 212 Å².